The average Bonchev–Trinajstić information content (AvgIpc) is 2.50. The highest BCUT2D eigenvalue weighted by atomic mass is 32.2. The Balaban J connectivity index is 2.72. The lowest BCUT2D eigenvalue weighted by Crippen LogP contribution is -2.17. The molecule has 0 spiro atoms. The summed E-state index contributed by atoms with van der Waals surface area (Å²) in [4.78, 5) is 16.1. The van der Waals surface area contributed by atoms with Crippen LogP contribution in [0, 0.1) is 22.7 Å². The van der Waals surface area contributed by atoms with Gasteiger partial charge in [0, 0.05) is 12.7 Å². The lowest BCUT2D eigenvalue weighted by Gasteiger charge is -2.17. The van der Waals surface area contributed by atoms with Gasteiger partial charge in [-0.05, 0) is 35.5 Å². The monoisotopic (exact) mass is 289 g/mol. The Hall–Kier alpha value is -2.48. The Morgan fingerprint density at radius 1 is 1.40 bits per heavy atom. The molecule has 0 fully saturated rings. The van der Waals surface area contributed by atoms with Crippen molar-refractivity contribution in [1.82, 2.24) is 0 Å². The van der Waals surface area contributed by atoms with Crippen molar-refractivity contribution in [3.63, 3.8) is 0 Å². The van der Waals surface area contributed by atoms with Crippen molar-refractivity contribution in [2.75, 3.05) is 17.8 Å². The summed E-state index contributed by atoms with van der Waals surface area (Å²) < 4.78 is 0. The van der Waals surface area contributed by atoms with Gasteiger partial charge in [0.05, 0.1) is 5.88 Å². The van der Waals surface area contributed by atoms with Crippen LogP contribution in [0.2, 0.25) is 0 Å². The molecule has 0 saturated heterocycles. The molecule has 0 heterocycles. The smallest absolute Gasteiger partial charge is 0.365 e. The molecule has 1 N–H and O–H groups in total. The summed E-state index contributed by atoms with van der Waals surface area (Å²) in [6.07, 6.45) is 1.49. The second-order valence-corrected chi connectivity index (χ2v) is 4.57. The molecular formula is C13H11N3O3S. The van der Waals surface area contributed by atoms with Crippen LogP contribution < -0.4 is 4.90 Å². The molecule has 0 aromatic heterocycles. The summed E-state index contributed by atoms with van der Waals surface area (Å²) in [6, 6.07) is 10.7. The van der Waals surface area contributed by atoms with E-state index in [1.54, 1.807) is 48.4 Å². The number of benzene rings is 1. The third-order valence-electron chi connectivity index (χ3n) is 2.34. The van der Waals surface area contributed by atoms with Gasteiger partial charge in [0.2, 0.25) is 0 Å². The summed E-state index contributed by atoms with van der Waals surface area (Å²) >= 11 is 0.818. The number of carbonyl (C=O) groups excluding carboxylic acids is 1. The van der Waals surface area contributed by atoms with Crippen LogP contribution in [-0.2, 0) is 4.89 Å². The van der Waals surface area contributed by atoms with Crippen molar-refractivity contribution in [3.8, 4) is 12.1 Å². The molecule has 0 unspecified atom stereocenters. The first-order valence-corrected chi connectivity index (χ1v) is 6.40. The predicted molar refractivity (Wildman–Crippen MR) is 75.6 cm³/mol. The number of hydrogen-bond donors (Lipinski definition) is 1. The maximum Gasteiger partial charge on any atom is 0.401 e. The van der Waals surface area contributed by atoms with Crippen LogP contribution in [-0.4, -0.2) is 23.5 Å². The van der Waals surface area contributed by atoms with Crippen LogP contribution in [0.1, 0.15) is 5.56 Å². The fourth-order valence-electron chi connectivity index (χ4n) is 1.33. The van der Waals surface area contributed by atoms with E-state index >= 15 is 0 Å². The number of carbonyl (C=O) groups is 1. The normalized spacial score (nSPS) is 9.00. The zero-order valence-corrected chi connectivity index (χ0v) is 11.4. The molecule has 0 aliphatic rings. The van der Waals surface area contributed by atoms with Crippen molar-refractivity contribution < 1.29 is 14.9 Å². The molecule has 6 nitrogen and oxygen atoms in total. The molecule has 7 heteroatoms. The standard InChI is InChI=1S/C13H11N3O3S/c1-16(9-20-13(17)19-18)12-4-2-10(3-5-12)6-11(7-14)8-15/h2-6,18H,9H2,1H3. The summed E-state index contributed by atoms with van der Waals surface area (Å²) in [5.74, 6) is 0.316. The number of allylic oxidation sites excluding steroid dienone is 1. The van der Waals surface area contributed by atoms with Crippen LogP contribution in [0.3, 0.4) is 0 Å². The minimum Gasteiger partial charge on any atom is -0.365 e. The third kappa shape index (κ3) is 4.65. The summed E-state index contributed by atoms with van der Waals surface area (Å²) in [7, 11) is 1.78. The Kier molecular flexibility index (Phi) is 6.11. The van der Waals surface area contributed by atoms with Crippen LogP contribution in [0.25, 0.3) is 6.08 Å². The van der Waals surface area contributed by atoms with Gasteiger partial charge in [0.1, 0.15) is 17.7 Å². The molecule has 20 heavy (non-hydrogen) atoms. The SMILES string of the molecule is CN(CSC(=O)OO)c1ccc(C=C(C#N)C#N)cc1. The highest BCUT2D eigenvalue weighted by Crippen LogP contribution is 2.18. The minimum absolute atomic E-state index is 0.0346. The Morgan fingerprint density at radius 2 is 2.00 bits per heavy atom. The first kappa shape index (κ1) is 15.6. The third-order valence-corrected chi connectivity index (χ3v) is 3.16. The molecule has 0 atom stereocenters. The molecule has 0 aliphatic carbocycles. The quantitative estimate of drug-likeness (QED) is 0.394. The highest BCUT2D eigenvalue weighted by Gasteiger charge is 2.06. The molecule has 0 aliphatic heterocycles. The molecule has 1 rings (SSSR count). The molecule has 102 valence electrons. The second-order valence-electron chi connectivity index (χ2n) is 3.69. The van der Waals surface area contributed by atoms with E-state index in [2.05, 4.69) is 4.89 Å². The fourth-order valence-corrected chi connectivity index (χ4v) is 1.83. The van der Waals surface area contributed by atoms with Crippen molar-refractivity contribution in [3.05, 3.63) is 35.4 Å². The number of nitrogens with zero attached hydrogens (tertiary/aromatic N) is 3. The molecule has 0 saturated carbocycles. The molecule has 0 radical (unpaired) electrons. The van der Waals surface area contributed by atoms with Crippen LogP contribution in [0.4, 0.5) is 10.5 Å². The van der Waals surface area contributed by atoms with Gasteiger partial charge in [-0.2, -0.15) is 15.8 Å². The molecule has 0 bridgehead atoms. The van der Waals surface area contributed by atoms with E-state index in [9.17, 15) is 4.79 Å². The van der Waals surface area contributed by atoms with E-state index in [0.717, 1.165) is 23.0 Å². The van der Waals surface area contributed by atoms with E-state index in [4.69, 9.17) is 15.8 Å². The van der Waals surface area contributed by atoms with E-state index in [1.165, 1.54) is 6.08 Å². The molecule has 1 aromatic carbocycles. The van der Waals surface area contributed by atoms with E-state index < -0.39 is 5.30 Å². The molecule has 1 aromatic rings. The maximum atomic E-state index is 10.8. The van der Waals surface area contributed by atoms with Gasteiger partial charge in [-0.25, -0.2) is 4.79 Å². The zero-order chi connectivity index (χ0) is 15.0. The van der Waals surface area contributed by atoms with Crippen molar-refractivity contribution in [1.29, 1.82) is 10.5 Å². The van der Waals surface area contributed by atoms with Crippen LogP contribution in [0.15, 0.2) is 29.8 Å². The highest BCUT2D eigenvalue weighted by molar-refractivity contribution is 8.13. The Bertz CT molecular complexity index is 568. The lowest BCUT2D eigenvalue weighted by molar-refractivity contribution is -0.166. The Morgan fingerprint density at radius 3 is 2.50 bits per heavy atom. The van der Waals surface area contributed by atoms with Gasteiger partial charge in [-0.1, -0.05) is 12.1 Å². The lowest BCUT2D eigenvalue weighted by atomic mass is 10.1. The predicted octanol–water partition coefficient (Wildman–Crippen LogP) is 2.85. The van der Waals surface area contributed by atoms with Crippen molar-refractivity contribution in [2.24, 2.45) is 0 Å². The first-order valence-electron chi connectivity index (χ1n) is 5.42. The average molecular weight is 289 g/mol. The number of anilines is 1. The maximum absolute atomic E-state index is 10.8. The van der Waals surface area contributed by atoms with Gasteiger partial charge in [0.25, 0.3) is 0 Å². The molecule has 0 amide bonds. The van der Waals surface area contributed by atoms with Crippen LogP contribution in [0.5, 0.6) is 0 Å². The second kappa shape index (κ2) is 7.85. The largest absolute Gasteiger partial charge is 0.401 e. The van der Waals surface area contributed by atoms with Crippen LogP contribution >= 0.6 is 11.8 Å². The molecular weight excluding hydrogens is 278 g/mol. The zero-order valence-electron chi connectivity index (χ0n) is 10.6. The Labute approximate surface area is 120 Å². The van der Waals surface area contributed by atoms with Crippen molar-refractivity contribution >= 4 is 28.8 Å². The topological polar surface area (TPSA) is 97.3 Å². The van der Waals surface area contributed by atoms with Gasteiger partial charge in [-0.15, -0.1) is 0 Å². The van der Waals surface area contributed by atoms with Crippen molar-refractivity contribution in [2.45, 2.75) is 0 Å². The van der Waals surface area contributed by atoms with E-state index in [-0.39, 0.29) is 5.57 Å². The van der Waals surface area contributed by atoms with Gasteiger partial charge >= 0.3 is 5.30 Å². The van der Waals surface area contributed by atoms with Gasteiger partial charge < -0.3 is 4.90 Å². The fraction of sp³-hybridized carbons (Fsp3) is 0.154. The van der Waals surface area contributed by atoms with Gasteiger partial charge in [0.15, 0.2) is 0 Å². The number of thioether (sulfide) groups is 1. The summed E-state index contributed by atoms with van der Waals surface area (Å²) in [5, 5.41) is 24.7. The number of hydrogen-bond acceptors (Lipinski definition) is 7. The van der Waals surface area contributed by atoms with E-state index in [1.807, 2.05) is 0 Å². The first-order chi connectivity index (χ1) is 9.60. The number of nitriles is 2. The van der Waals surface area contributed by atoms with E-state index in [0.29, 0.717) is 5.88 Å². The van der Waals surface area contributed by atoms with Gasteiger partial charge in [-0.3, -0.25) is 4.89 Å². The number of rotatable bonds is 4. The summed E-state index contributed by atoms with van der Waals surface area (Å²) in [5.41, 5.74) is 1.62. The minimum atomic E-state index is -0.774. The summed E-state index contributed by atoms with van der Waals surface area (Å²) in [6.45, 7) is 0.